The normalized spacial score (nSPS) is 18.6. The van der Waals surface area contributed by atoms with Gasteiger partial charge in [-0.15, -0.1) is 0 Å². The summed E-state index contributed by atoms with van der Waals surface area (Å²) in [5, 5.41) is 5.27. The Labute approximate surface area is 213 Å². The maximum atomic E-state index is 15.3. The molecule has 0 saturated carbocycles. The van der Waals surface area contributed by atoms with Gasteiger partial charge in [0.2, 0.25) is 0 Å². The second kappa shape index (κ2) is 9.06. The van der Waals surface area contributed by atoms with Gasteiger partial charge < -0.3 is 10.5 Å². The monoisotopic (exact) mass is 538 g/mol. The van der Waals surface area contributed by atoms with Crippen LogP contribution in [0.5, 0.6) is 5.75 Å². The van der Waals surface area contributed by atoms with Crippen LogP contribution in [0.25, 0.3) is 11.0 Å². The minimum absolute atomic E-state index is 0.0196. The molecule has 1 unspecified atom stereocenters. The van der Waals surface area contributed by atoms with Crippen LogP contribution in [-0.4, -0.2) is 88.1 Å². The van der Waals surface area contributed by atoms with E-state index in [1.54, 1.807) is 10.7 Å². The topological polar surface area (TPSA) is 123 Å². The first-order chi connectivity index (χ1) is 17.0. The lowest BCUT2D eigenvalue weighted by molar-refractivity contribution is 0.0729. The van der Waals surface area contributed by atoms with Gasteiger partial charge >= 0.3 is 0 Å². The average molecular weight is 539 g/mol. The maximum Gasteiger partial charge on any atom is 0.281 e. The third-order valence-corrected chi connectivity index (χ3v) is 9.07. The highest BCUT2D eigenvalue weighted by Gasteiger charge is 2.41. The van der Waals surface area contributed by atoms with Gasteiger partial charge in [-0.3, -0.25) is 4.90 Å². The van der Waals surface area contributed by atoms with Crippen molar-refractivity contribution >= 4 is 38.7 Å². The van der Waals surface area contributed by atoms with E-state index in [0.29, 0.717) is 65.7 Å². The molecule has 1 aromatic carbocycles. The van der Waals surface area contributed by atoms with E-state index in [4.69, 9.17) is 22.1 Å². The molecule has 2 aliphatic heterocycles. The van der Waals surface area contributed by atoms with Crippen molar-refractivity contribution in [1.29, 1.82) is 0 Å². The molecule has 4 heterocycles. The number of hydrogen-bond acceptors (Lipinski definition) is 8. The van der Waals surface area contributed by atoms with Gasteiger partial charge in [0, 0.05) is 57.4 Å². The van der Waals surface area contributed by atoms with E-state index in [2.05, 4.69) is 15.1 Å². The van der Waals surface area contributed by atoms with E-state index < -0.39 is 22.1 Å². The molecule has 1 fully saturated rings. The Kier molecular flexibility index (Phi) is 6.32. The fourth-order valence-corrected chi connectivity index (χ4v) is 6.22. The van der Waals surface area contributed by atoms with Crippen LogP contribution in [0, 0.1) is 12.7 Å². The second-order valence-corrected chi connectivity index (χ2v) is 11.9. The van der Waals surface area contributed by atoms with Crippen LogP contribution in [0.15, 0.2) is 12.4 Å². The number of hydrogen-bond donors (Lipinski definition) is 1. The molecule has 2 N–H and O–H groups in total. The number of fused-ring (bicyclic) bond motifs is 2. The van der Waals surface area contributed by atoms with Crippen LogP contribution in [0.1, 0.15) is 29.8 Å². The number of nitrogens with zero attached hydrogens (tertiary/aromatic N) is 7. The summed E-state index contributed by atoms with van der Waals surface area (Å²) in [6.45, 7) is 5.50. The van der Waals surface area contributed by atoms with Crippen molar-refractivity contribution in [3.63, 3.8) is 0 Å². The lowest BCUT2D eigenvalue weighted by Gasteiger charge is -2.44. The SMILES string of the molecule is Cc1nn(C(C)c2cc(Cl)c(F)c3c2OCCN(C2CN(S(=O)(=O)N(C)C)C2)C3)c2ncnc(N)c12. The van der Waals surface area contributed by atoms with Gasteiger partial charge in [0.1, 0.15) is 30.3 Å². The highest BCUT2D eigenvalue weighted by atomic mass is 35.5. The first-order valence-electron chi connectivity index (χ1n) is 11.5. The first-order valence-corrected chi connectivity index (χ1v) is 13.3. The van der Waals surface area contributed by atoms with Crippen LogP contribution in [0.4, 0.5) is 10.2 Å². The number of aryl methyl sites for hydroxylation is 1. The van der Waals surface area contributed by atoms with Crippen molar-refractivity contribution in [2.45, 2.75) is 32.5 Å². The Hall–Kier alpha value is -2.58. The molecule has 5 rings (SSSR count). The molecule has 0 aliphatic carbocycles. The number of rotatable bonds is 5. The molecule has 1 atom stereocenters. The third kappa shape index (κ3) is 3.98. The van der Waals surface area contributed by atoms with Crippen LogP contribution in [-0.2, 0) is 16.8 Å². The van der Waals surface area contributed by atoms with E-state index in [1.807, 2.05) is 18.7 Å². The number of ether oxygens (including phenoxy) is 1. The Morgan fingerprint density at radius 1 is 1.31 bits per heavy atom. The fraction of sp³-hybridized carbons (Fsp3) is 0.500. The number of anilines is 1. The molecule has 0 radical (unpaired) electrons. The van der Waals surface area contributed by atoms with Gasteiger partial charge in [-0.25, -0.2) is 19.0 Å². The molecule has 36 heavy (non-hydrogen) atoms. The highest BCUT2D eigenvalue weighted by Crippen LogP contribution is 2.40. The lowest BCUT2D eigenvalue weighted by atomic mass is 10.0. The van der Waals surface area contributed by atoms with Crippen LogP contribution in [0.2, 0.25) is 5.02 Å². The second-order valence-electron chi connectivity index (χ2n) is 9.31. The number of aromatic nitrogens is 4. The molecular formula is C22H28ClFN8O3S. The highest BCUT2D eigenvalue weighted by molar-refractivity contribution is 7.86. The zero-order valence-electron chi connectivity index (χ0n) is 20.4. The summed E-state index contributed by atoms with van der Waals surface area (Å²) < 4.78 is 50.5. The lowest BCUT2D eigenvalue weighted by Crippen LogP contribution is -2.62. The minimum Gasteiger partial charge on any atom is -0.491 e. The number of benzene rings is 1. The number of nitrogen functional groups attached to an aromatic ring is 1. The summed E-state index contributed by atoms with van der Waals surface area (Å²) >= 11 is 6.36. The van der Waals surface area contributed by atoms with Crippen molar-refractivity contribution in [1.82, 2.24) is 33.3 Å². The van der Waals surface area contributed by atoms with Gasteiger partial charge in [0.15, 0.2) is 5.65 Å². The summed E-state index contributed by atoms with van der Waals surface area (Å²) in [6, 6.07) is 1.13. The average Bonchev–Trinajstić information content (AvgIpc) is 2.98. The minimum atomic E-state index is -3.48. The summed E-state index contributed by atoms with van der Waals surface area (Å²) in [6.07, 6.45) is 1.38. The quantitative estimate of drug-likeness (QED) is 0.522. The number of nitrogens with two attached hydrogens (primary N) is 1. The zero-order chi connectivity index (χ0) is 25.9. The Morgan fingerprint density at radius 3 is 2.72 bits per heavy atom. The molecule has 194 valence electrons. The Balaban J connectivity index is 1.48. The predicted molar refractivity (Wildman–Crippen MR) is 134 cm³/mol. The molecule has 14 heteroatoms. The molecule has 0 bridgehead atoms. The fourth-order valence-electron chi connectivity index (χ4n) is 4.80. The zero-order valence-corrected chi connectivity index (χ0v) is 22.0. The maximum absolute atomic E-state index is 15.3. The first kappa shape index (κ1) is 25.1. The summed E-state index contributed by atoms with van der Waals surface area (Å²) in [5.41, 5.74) is 8.32. The molecule has 11 nitrogen and oxygen atoms in total. The number of halogens is 2. The van der Waals surface area contributed by atoms with Crippen LogP contribution < -0.4 is 10.5 Å². The van der Waals surface area contributed by atoms with Gasteiger partial charge in [0.05, 0.1) is 22.1 Å². The van der Waals surface area contributed by atoms with E-state index in [1.165, 1.54) is 29.0 Å². The molecule has 0 amide bonds. The molecule has 2 aromatic heterocycles. The Morgan fingerprint density at radius 2 is 2.03 bits per heavy atom. The van der Waals surface area contributed by atoms with Crippen molar-refractivity contribution in [3.05, 3.63) is 40.1 Å². The molecule has 1 saturated heterocycles. The van der Waals surface area contributed by atoms with Crippen molar-refractivity contribution in [3.8, 4) is 5.75 Å². The van der Waals surface area contributed by atoms with Crippen molar-refractivity contribution < 1.29 is 17.5 Å². The Bertz CT molecular complexity index is 1440. The molecule has 3 aromatic rings. The predicted octanol–water partition coefficient (Wildman–Crippen LogP) is 1.80. The molecule has 0 spiro atoms. The van der Waals surface area contributed by atoms with Crippen molar-refractivity contribution in [2.75, 3.05) is 46.1 Å². The standard InChI is InChI=1S/C22H28ClFN8O3S/c1-12-18-21(25)26-11-27-22(18)32(28-12)13(2)15-7-17(23)19(24)16-10-30(5-6-35-20(15)16)14-8-31(9-14)36(33,34)29(3)4/h7,11,13-14H,5-6,8-10H2,1-4H3,(H2,25,26,27). The van der Waals surface area contributed by atoms with Gasteiger partial charge in [-0.2, -0.15) is 22.1 Å². The molecular weight excluding hydrogens is 511 g/mol. The van der Waals surface area contributed by atoms with E-state index in [9.17, 15) is 8.42 Å². The van der Waals surface area contributed by atoms with E-state index >= 15 is 4.39 Å². The summed E-state index contributed by atoms with van der Waals surface area (Å²) in [5.74, 6) is 0.219. The van der Waals surface area contributed by atoms with Gasteiger partial charge in [-0.05, 0) is 19.9 Å². The van der Waals surface area contributed by atoms with Crippen LogP contribution in [0.3, 0.4) is 0 Å². The largest absolute Gasteiger partial charge is 0.491 e. The smallest absolute Gasteiger partial charge is 0.281 e. The van der Waals surface area contributed by atoms with Crippen LogP contribution >= 0.6 is 11.6 Å². The van der Waals surface area contributed by atoms with Gasteiger partial charge in [-0.1, -0.05) is 11.6 Å². The van der Waals surface area contributed by atoms with E-state index in [-0.39, 0.29) is 17.6 Å². The third-order valence-electron chi connectivity index (χ3n) is 6.92. The van der Waals surface area contributed by atoms with Crippen molar-refractivity contribution in [2.24, 2.45) is 0 Å². The molecule has 2 aliphatic rings. The van der Waals surface area contributed by atoms with Gasteiger partial charge in [0.25, 0.3) is 10.2 Å². The summed E-state index contributed by atoms with van der Waals surface area (Å²) in [4.78, 5) is 10.5. The van der Waals surface area contributed by atoms with E-state index in [0.717, 1.165) is 0 Å². The summed E-state index contributed by atoms with van der Waals surface area (Å²) in [7, 11) is -0.473.